The second-order valence-electron chi connectivity index (χ2n) is 11.4. The summed E-state index contributed by atoms with van der Waals surface area (Å²) >= 11 is 0. The fourth-order valence-electron chi connectivity index (χ4n) is 4.45. The molecule has 2 aromatic rings. The number of Topliss-reactive ketones (excluding diaryl/α,β-unsaturated/α-hetero) is 4. The molecule has 0 saturated carbocycles. The smallest absolute Gasteiger partial charge is 0.166 e. The predicted molar refractivity (Wildman–Crippen MR) is 159 cm³/mol. The van der Waals surface area contributed by atoms with Gasteiger partial charge in [-0.3, -0.25) is 19.2 Å². The average molecular weight is 535 g/mol. The molecule has 0 bridgehead atoms. The SMILES string of the molecule is CCC(=O)c1ccc(CNC(C)C)cc1C(=O)C(C)CCCC(=O)c1cc(NC(C)C)cc(C(=O)C(C)C)c1. The van der Waals surface area contributed by atoms with E-state index in [9.17, 15) is 19.2 Å². The highest BCUT2D eigenvalue weighted by atomic mass is 16.1. The molecule has 0 aliphatic carbocycles. The van der Waals surface area contributed by atoms with Crippen molar-refractivity contribution in [3.63, 3.8) is 0 Å². The summed E-state index contributed by atoms with van der Waals surface area (Å²) in [5.74, 6) is -0.675. The van der Waals surface area contributed by atoms with Crippen LogP contribution in [-0.2, 0) is 6.54 Å². The first-order valence-corrected chi connectivity index (χ1v) is 14.3. The lowest BCUT2D eigenvalue weighted by atomic mass is 9.88. The van der Waals surface area contributed by atoms with Crippen LogP contribution in [0, 0.1) is 11.8 Å². The predicted octanol–water partition coefficient (Wildman–Crippen LogP) is 7.31. The van der Waals surface area contributed by atoms with E-state index in [4.69, 9.17) is 0 Å². The maximum atomic E-state index is 13.4. The number of carbonyl (C=O) groups is 4. The van der Waals surface area contributed by atoms with Crippen LogP contribution in [0.15, 0.2) is 36.4 Å². The van der Waals surface area contributed by atoms with Crippen LogP contribution < -0.4 is 10.6 Å². The van der Waals surface area contributed by atoms with Crippen LogP contribution in [0.1, 0.15) is 128 Å². The summed E-state index contributed by atoms with van der Waals surface area (Å²) in [5, 5.41) is 6.65. The molecular formula is C33H46N2O4. The lowest BCUT2D eigenvalue weighted by Gasteiger charge is -2.16. The zero-order chi connectivity index (χ0) is 29.3. The van der Waals surface area contributed by atoms with Crippen LogP contribution in [-0.4, -0.2) is 35.2 Å². The lowest BCUT2D eigenvalue weighted by Crippen LogP contribution is -2.22. The van der Waals surface area contributed by atoms with Gasteiger partial charge in [-0.2, -0.15) is 0 Å². The Morgan fingerprint density at radius 3 is 2.00 bits per heavy atom. The third-order valence-corrected chi connectivity index (χ3v) is 6.69. The number of benzene rings is 2. The molecule has 212 valence electrons. The molecule has 0 fully saturated rings. The minimum atomic E-state index is -0.332. The number of hydrogen-bond donors (Lipinski definition) is 2. The van der Waals surface area contributed by atoms with Gasteiger partial charge in [0.2, 0.25) is 0 Å². The Bertz CT molecular complexity index is 1180. The van der Waals surface area contributed by atoms with Gasteiger partial charge in [0.1, 0.15) is 0 Å². The van der Waals surface area contributed by atoms with E-state index in [1.54, 1.807) is 31.2 Å². The standard InChI is InChI=1S/C33H46N2O4/c1-9-30(36)28-14-13-24(19-34-21(4)5)15-29(28)33(39)23(8)11-10-12-31(37)25-16-26(32(38)20(2)3)18-27(17-25)35-22(6)7/h13-18,20-23,34-35H,9-12,19H2,1-8H3. The summed E-state index contributed by atoms with van der Waals surface area (Å²) in [6.45, 7) is 16.1. The third-order valence-electron chi connectivity index (χ3n) is 6.69. The first-order valence-electron chi connectivity index (χ1n) is 14.3. The molecule has 2 rings (SSSR count). The average Bonchev–Trinajstić information content (AvgIpc) is 2.89. The van der Waals surface area contributed by atoms with Gasteiger partial charge in [0.15, 0.2) is 23.1 Å². The van der Waals surface area contributed by atoms with Gasteiger partial charge in [-0.15, -0.1) is 0 Å². The Kier molecular flexibility index (Phi) is 12.2. The van der Waals surface area contributed by atoms with E-state index in [-0.39, 0.29) is 47.4 Å². The normalized spacial score (nSPS) is 12.2. The van der Waals surface area contributed by atoms with Gasteiger partial charge in [0.05, 0.1) is 0 Å². The monoisotopic (exact) mass is 534 g/mol. The second-order valence-corrected chi connectivity index (χ2v) is 11.4. The van der Waals surface area contributed by atoms with E-state index in [2.05, 4.69) is 24.5 Å². The topological polar surface area (TPSA) is 92.3 Å². The van der Waals surface area contributed by atoms with E-state index in [0.717, 1.165) is 11.3 Å². The van der Waals surface area contributed by atoms with Gasteiger partial charge in [-0.05, 0) is 56.5 Å². The van der Waals surface area contributed by atoms with Crippen molar-refractivity contribution in [2.45, 2.75) is 99.7 Å². The molecule has 0 aliphatic heterocycles. The van der Waals surface area contributed by atoms with Crippen molar-refractivity contribution < 1.29 is 19.2 Å². The summed E-state index contributed by atoms with van der Waals surface area (Å²) in [7, 11) is 0. The Morgan fingerprint density at radius 1 is 0.744 bits per heavy atom. The van der Waals surface area contributed by atoms with Gasteiger partial charge in [0, 0.05) is 71.2 Å². The molecule has 1 atom stereocenters. The van der Waals surface area contributed by atoms with Crippen molar-refractivity contribution in [1.29, 1.82) is 0 Å². The minimum absolute atomic E-state index is 0.000991. The molecule has 0 radical (unpaired) electrons. The number of nitrogens with one attached hydrogen (secondary N) is 2. The summed E-state index contributed by atoms with van der Waals surface area (Å²) in [4.78, 5) is 51.8. The molecule has 2 N–H and O–H groups in total. The number of rotatable bonds is 16. The highest BCUT2D eigenvalue weighted by Crippen LogP contribution is 2.24. The fraction of sp³-hybridized carbons (Fsp3) is 0.515. The molecule has 39 heavy (non-hydrogen) atoms. The van der Waals surface area contributed by atoms with E-state index < -0.39 is 0 Å². The molecule has 0 heterocycles. The Labute approximate surface area is 234 Å². The molecule has 2 aromatic carbocycles. The number of hydrogen-bond acceptors (Lipinski definition) is 6. The summed E-state index contributed by atoms with van der Waals surface area (Å²) in [6.07, 6.45) is 1.67. The van der Waals surface area contributed by atoms with Crippen LogP contribution >= 0.6 is 0 Å². The number of ketones is 4. The fourth-order valence-corrected chi connectivity index (χ4v) is 4.45. The highest BCUT2D eigenvalue weighted by molar-refractivity contribution is 6.09. The Morgan fingerprint density at radius 2 is 1.41 bits per heavy atom. The van der Waals surface area contributed by atoms with Crippen LogP contribution in [0.5, 0.6) is 0 Å². The zero-order valence-electron chi connectivity index (χ0n) is 24.9. The summed E-state index contributed by atoms with van der Waals surface area (Å²) in [6, 6.07) is 11.3. The largest absolute Gasteiger partial charge is 0.383 e. The van der Waals surface area contributed by atoms with Crippen molar-refractivity contribution in [1.82, 2.24) is 5.32 Å². The van der Waals surface area contributed by atoms with Crippen molar-refractivity contribution in [2.24, 2.45) is 11.8 Å². The molecule has 1 unspecified atom stereocenters. The van der Waals surface area contributed by atoms with Gasteiger partial charge >= 0.3 is 0 Å². The molecule has 0 saturated heterocycles. The van der Waals surface area contributed by atoms with E-state index in [0.29, 0.717) is 54.1 Å². The molecule has 0 aromatic heterocycles. The van der Waals surface area contributed by atoms with Crippen LogP contribution in [0.4, 0.5) is 5.69 Å². The Balaban J connectivity index is 2.16. The maximum absolute atomic E-state index is 13.4. The first kappa shape index (κ1) is 32.1. The second kappa shape index (κ2) is 14.9. The van der Waals surface area contributed by atoms with Gasteiger partial charge in [-0.1, -0.05) is 53.7 Å². The molecule has 6 heteroatoms. The molecule has 0 spiro atoms. The van der Waals surface area contributed by atoms with Crippen LogP contribution in [0.2, 0.25) is 0 Å². The Hall–Kier alpha value is -3.12. The molecule has 6 nitrogen and oxygen atoms in total. The number of anilines is 1. The van der Waals surface area contributed by atoms with Gasteiger partial charge < -0.3 is 10.6 Å². The van der Waals surface area contributed by atoms with E-state index in [1.165, 1.54) is 0 Å². The molecule has 0 amide bonds. The van der Waals surface area contributed by atoms with Gasteiger partial charge in [-0.25, -0.2) is 0 Å². The summed E-state index contributed by atoms with van der Waals surface area (Å²) in [5.41, 5.74) is 3.68. The quantitative estimate of drug-likeness (QED) is 0.219. The van der Waals surface area contributed by atoms with Crippen LogP contribution in [0.25, 0.3) is 0 Å². The van der Waals surface area contributed by atoms with Crippen LogP contribution in [0.3, 0.4) is 0 Å². The maximum Gasteiger partial charge on any atom is 0.166 e. The highest BCUT2D eigenvalue weighted by Gasteiger charge is 2.22. The minimum Gasteiger partial charge on any atom is -0.383 e. The third kappa shape index (κ3) is 9.54. The van der Waals surface area contributed by atoms with Crippen molar-refractivity contribution in [2.75, 3.05) is 5.32 Å². The van der Waals surface area contributed by atoms with Crippen molar-refractivity contribution in [3.8, 4) is 0 Å². The van der Waals surface area contributed by atoms with Crippen molar-refractivity contribution >= 4 is 28.8 Å². The first-order chi connectivity index (χ1) is 18.3. The zero-order valence-corrected chi connectivity index (χ0v) is 24.9. The van der Waals surface area contributed by atoms with E-state index in [1.807, 2.05) is 46.8 Å². The molecule has 0 aliphatic rings. The molecular weight excluding hydrogens is 488 g/mol. The summed E-state index contributed by atoms with van der Waals surface area (Å²) < 4.78 is 0. The number of carbonyl (C=O) groups excluding carboxylic acids is 4. The van der Waals surface area contributed by atoms with Gasteiger partial charge in [0.25, 0.3) is 0 Å². The van der Waals surface area contributed by atoms with E-state index >= 15 is 0 Å². The van der Waals surface area contributed by atoms with Crippen molar-refractivity contribution in [3.05, 3.63) is 64.2 Å². The lowest BCUT2D eigenvalue weighted by molar-refractivity contribution is 0.0900.